The number of aromatic nitrogens is 1. The van der Waals surface area contributed by atoms with Gasteiger partial charge in [0.25, 0.3) is 0 Å². The molecule has 1 aromatic carbocycles. The van der Waals surface area contributed by atoms with E-state index in [1.807, 2.05) is 24.5 Å². The molecule has 3 heteroatoms. The van der Waals surface area contributed by atoms with Crippen LogP contribution in [0.15, 0.2) is 48.8 Å². The number of pyridine rings is 1. The number of hydrogen-bond donors (Lipinski definition) is 1. The van der Waals surface area contributed by atoms with E-state index in [2.05, 4.69) is 36.2 Å². The van der Waals surface area contributed by atoms with Crippen LogP contribution >= 0.6 is 0 Å². The van der Waals surface area contributed by atoms with E-state index in [0.717, 1.165) is 12.2 Å². The van der Waals surface area contributed by atoms with Gasteiger partial charge in [0.1, 0.15) is 5.75 Å². The summed E-state index contributed by atoms with van der Waals surface area (Å²) in [5.41, 5.74) is 2.59. The highest BCUT2D eigenvalue weighted by Crippen LogP contribution is 2.29. The summed E-state index contributed by atoms with van der Waals surface area (Å²) < 4.78 is 5.27. The largest absolute Gasteiger partial charge is 0.497 e. The molecule has 0 aliphatic carbocycles. The van der Waals surface area contributed by atoms with Crippen molar-refractivity contribution in [1.29, 1.82) is 0 Å². The smallest absolute Gasteiger partial charge is 0.119 e. The fourth-order valence-corrected chi connectivity index (χ4v) is 2.12. The summed E-state index contributed by atoms with van der Waals surface area (Å²) in [6.45, 7) is 2.20. The Hall–Kier alpha value is -1.87. The summed E-state index contributed by atoms with van der Waals surface area (Å²) in [5, 5.41) is 0. The molecule has 0 saturated heterocycles. The van der Waals surface area contributed by atoms with Crippen molar-refractivity contribution >= 4 is 0 Å². The van der Waals surface area contributed by atoms with Gasteiger partial charge in [-0.25, -0.2) is 0 Å². The molecule has 96 valence electrons. The Bertz CT molecular complexity index is 471. The molecular formula is C15H20N2O. The van der Waals surface area contributed by atoms with Gasteiger partial charge in [-0.1, -0.05) is 19.1 Å². The van der Waals surface area contributed by atoms with Crippen LogP contribution in [0.4, 0.5) is 0 Å². The summed E-state index contributed by atoms with van der Waals surface area (Å²) >= 11 is 0. The second kappa shape index (κ2) is 6.77. The molecule has 1 heterocycles. The Morgan fingerprint density at radius 3 is 2.44 bits per heavy atom. The average Bonchev–Trinajstić information content (AvgIpc) is 2.41. The number of hydrogen-bond acceptors (Lipinski definition) is 3. The van der Waals surface area contributed by atoms with Crippen LogP contribution in [0.1, 0.15) is 30.4 Å². The van der Waals surface area contributed by atoms with Crippen LogP contribution < -0.4 is 10.9 Å². The predicted octanol–water partition coefficient (Wildman–Crippen LogP) is 3.79. The molecule has 0 aliphatic heterocycles. The second-order valence-corrected chi connectivity index (χ2v) is 4.02. The second-order valence-electron chi connectivity index (χ2n) is 4.02. The lowest BCUT2D eigenvalue weighted by Crippen LogP contribution is -2.00. The van der Waals surface area contributed by atoms with Crippen molar-refractivity contribution in [2.75, 3.05) is 7.11 Å². The summed E-state index contributed by atoms with van der Waals surface area (Å²) in [5.74, 6) is 1.32. The van der Waals surface area contributed by atoms with Gasteiger partial charge in [0, 0.05) is 18.3 Å². The first-order valence-electron chi connectivity index (χ1n) is 5.89. The molecular weight excluding hydrogens is 224 g/mol. The van der Waals surface area contributed by atoms with Crippen molar-refractivity contribution in [2.24, 2.45) is 0 Å². The van der Waals surface area contributed by atoms with Crippen LogP contribution in [0.5, 0.6) is 5.75 Å². The summed E-state index contributed by atoms with van der Waals surface area (Å²) in [4.78, 5) is 4.06. The van der Waals surface area contributed by atoms with Crippen LogP contribution in [0, 0.1) is 0 Å². The van der Waals surface area contributed by atoms with E-state index in [9.17, 15) is 0 Å². The number of methoxy groups -OCH3 is 1. The lowest BCUT2D eigenvalue weighted by atomic mass is 9.90. The topological polar surface area (TPSA) is 57.1 Å². The minimum atomic E-state index is 0. The highest BCUT2D eigenvalue weighted by molar-refractivity contribution is 5.36. The highest BCUT2D eigenvalue weighted by Gasteiger charge is 2.12. The number of rotatable bonds is 4. The zero-order valence-corrected chi connectivity index (χ0v) is 11.0. The van der Waals surface area contributed by atoms with Crippen molar-refractivity contribution < 1.29 is 4.74 Å². The van der Waals surface area contributed by atoms with Crippen molar-refractivity contribution in [1.82, 2.24) is 11.1 Å². The van der Waals surface area contributed by atoms with Crippen molar-refractivity contribution in [3.8, 4) is 5.75 Å². The molecule has 0 spiro atoms. The third kappa shape index (κ3) is 3.08. The molecule has 0 saturated carbocycles. The van der Waals surface area contributed by atoms with Gasteiger partial charge >= 0.3 is 0 Å². The zero-order valence-electron chi connectivity index (χ0n) is 11.0. The molecule has 0 bridgehead atoms. The van der Waals surface area contributed by atoms with Gasteiger partial charge in [0.15, 0.2) is 0 Å². The molecule has 2 rings (SSSR count). The molecule has 3 N–H and O–H groups in total. The number of ether oxygens (including phenoxy) is 1. The minimum absolute atomic E-state index is 0. The van der Waals surface area contributed by atoms with Gasteiger partial charge in [-0.3, -0.25) is 4.98 Å². The maximum atomic E-state index is 5.27. The van der Waals surface area contributed by atoms with E-state index in [1.165, 1.54) is 11.1 Å². The number of benzene rings is 1. The molecule has 2 aromatic rings. The minimum Gasteiger partial charge on any atom is -0.497 e. The molecule has 1 atom stereocenters. The molecule has 0 aliphatic rings. The first-order chi connectivity index (χ1) is 8.35. The Morgan fingerprint density at radius 2 is 1.83 bits per heavy atom. The lowest BCUT2D eigenvalue weighted by molar-refractivity contribution is 0.414. The fraction of sp³-hybridized carbons (Fsp3) is 0.267. The molecule has 1 aromatic heterocycles. The van der Waals surface area contributed by atoms with E-state index in [0.29, 0.717) is 5.92 Å². The maximum absolute atomic E-state index is 5.27. The standard InChI is InChI=1S/C15H17NO.H3N/c1-3-15(12-7-9-16-10-8-12)13-5-4-6-14(11-13)17-2;/h4-11,15H,3H2,1-2H3;1H3. The Kier molecular flexibility index (Phi) is 5.33. The maximum Gasteiger partial charge on any atom is 0.119 e. The molecule has 0 radical (unpaired) electrons. The van der Waals surface area contributed by atoms with Crippen LogP contribution in [0.25, 0.3) is 0 Å². The van der Waals surface area contributed by atoms with Crippen LogP contribution in [-0.2, 0) is 0 Å². The first-order valence-corrected chi connectivity index (χ1v) is 5.89. The van der Waals surface area contributed by atoms with Crippen molar-refractivity contribution in [3.05, 3.63) is 59.9 Å². The molecule has 0 amide bonds. The van der Waals surface area contributed by atoms with E-state index in [1.54, 1.807) is 7.11 Å². The Morgan fingerprint density at radius 1 is 1.11 bits per heavy atom. The summed E-state index contributed by atoms with van der Waals surface area (Å²) in [6.07, 6.45) is 4.76. The van der Waals surface area contributed by atoms with E-state index in [4.69, 9.17) is 4.74 Å². The molecule has 18 heavy (non-hydrogen) atoms. The molecule has 0 fully saturated rings. The van der Waals surface area contributed by atoms with Gasteiger partial charge in [0.2, 0.25) is 0 Å². The lowest BCUT2D eigenvalue weighted by Gasteiger charge is -2.16. The normalized spacial score (nSPS) is 11.4. The van der Waals surface area contributed by atoms with Crippen molar-refractivity contribution in [2.45, 2.75) is 19.3 Å². The van der Waals surface area contributed by atoms with Crippen LogP contribution in [-0.4, -0.2) is 12.1 Å². The molecule has 3 nitrogen and oxygen atoms in total. The zero-order chi connectivity index (χ0) is 12.1. The quantitative estimate of drug-likeness (QED) is 0.890. The average molecular weight is 244 g/mol. The monoisotopic (exact) mass is 244 g/mol. The van der Waals surface area contributed by atoms with E-state index >= 15 is 0 Å². The van der Waals surface area contributed by atoms with Gasteiger partial charge in [-0.2, -0.15) is 0 Å². The molecule has 1 unspecified atom stereocenters. The van der Waals surface area contributed by atoms with Crippen LogP contribution in [0.3, 0.4) is 0 Å². The predicted molar refractivity (Wildman–Crippen MR) is 74.4 cm³/mol. The van der Waals surface area contributed by atoms with Gasteiger partial charge in [0.05, 0.1) is 7.11 Å². The highest BCUT2D eigenvalue weighted by atomic mass is 16.5. The Labute approximate surface area is 108 Å². The van der Waals surface area contributed by atoms with Crippen LogP contribution in [0.2, 0.25) is 0 Å². The van der Waals surface area contributed by atoms with Crippen molar-refractivity contribution in [3.63, 3.8) is 0 Å². The number of nitrogens with zero attached hydrogens (tertiary/aromatic N) is 1. The fourth-order valence-electron chi connectivity index (χ4n) is 2.12. The van der Waals surface area contributed by atoms with Gasteiger partial charge in [-0.15, -0.1) is 0 Å². The first kappa shape index (κ1) is 14.2. The van der Waals surface area contributed by atoms with E-state index < -0.39 is 0 Å². The SMILES string of the molecule is CCC(c1ccncc1)c1cccc(OC)c1.N. The third-order valence-electron chi connectivity index (χ3n) is 3.01. The van der Waals surface area contributed by atoms with E-state index in [-0.39, 0.29) is 6.15 Å². The Balaban J connectivity index is 0.00000162. The van der Waals surface area contributed by atoms with Gasteiger partial charge in [-0.05, 0) is 41.8 Å². The summed E-state index contributed by atoms with van der Waals surface area (Å²) in [6, 6.07) is 12.4. The summed E-state index contributed by atoms with van der Waals surface area (Å²) in [7, 11) is 1.70. The third-order valence-corrected chi connectivity index (χ3v) is 3.01. The van der Waals surface area contributed by atoms with Gasteiger partial charge < -0.3 is 10.9 Å².